The van der Waals surface area contributed by atoms with E-state index in [1.54, 1.807) is 91.0 Å². The lowest BCUT2D eigenvalue weighted by Gasteiger charge is -2.12. The zero-order valence-corrected chi connectivity index (χ0v) is 17.5. The normalized spacial score (nSPS) is 10.8. The second kappa shape index (κ2) is 8.52. The first kappa shape index (κ1) is 20.3. The molecule has 0 atom stereocenters. The molecule has 0 saturated heterocycles. The minimum atomic E-state index is -0.415. The van der Waals surface area contributed by atoms with Gasteiger partial charge < -0.3 is 4.42 Å². The summed E-state index contributed by atoms with van der Waals surface area (Å²) in [4.78, 5) is 40.5. The lowest BCUT2D eigenvalue weighted by atomic mass is 9.94. The second-order valence-corrected chi connectivity index (χ2v) is 7.57. The van der Waals surface area contributed by atoms with Gasteiger partial charge in [0, 0.05) is 16.7 Å². The lowest BCUT2D eigenvalue weighted by molar-refractivity contribution is 0.101. The molecular weight excluding hydrogens is 412 g/mol. The summed E-state index contributed by atoms with van der Waals surface area (Å²) >= 11 is 0. The van der Waals surface area contributed by atoms with Crippen LogP contribution in [0.4, 0.5) is 0 Å². The number of benzene rings is 4. The van der Waals surface area contributed by atoms with Crippen molar-refractivity contribution >= 4 is 22.5 Å². The van der Waals surface area contributed by atoms with Gasteiger partial charge in [-0.2, -0.15) is 0 Å². The van der Waals surface area contributed by atoms with E-state index in [1.807, 2.05) is 18.2 Å². The molecule has 0 amide bonds. The van der Waals surface area contributed by atoms with E-state index < -0.39 is 11.2 Å². The Kier molecular flexibility index (Phi) is 5.25. The fourth-order valence-electron chi connectivity index (χ4n) is 3.92. The third-order valence-electron chi connectivity index (χ3n) is 5.50. The molecule has 5 rings (SSSR count). The highest BCUT2D eigenvalue weighted by Crippen LogP contribution is 2.29. The van der Waals surface area contributed by atoms with Crippen molar-refractivity contribution in [3.05, 3.63) is 142 Å². The van der Waals surface area contributed by atoms with Crippen LogP contribution in [-0.4, -0.2) is 11.6 Å². The van der Waals surface area contributed by atoms with Crippen LogP contribution in [0.5, 0.6) is 0 Å². The van der Waals surface area contributed by atoms with Crippen LogP contribution in [0, 0.1) is 0 Å². The zero-order chi connectivity index (χ0) is 22.8. The van der Waals surface area contributed by atoms with Crippen molar-refractivity contribution in [1.29, 1.82) is 0 Å². The molecule has 33 heavy (non-hydrogen) atoms. The zero-order valence-electron chi connectivity index (χ0n) is 17.5. The van der Waals surface area contributed by atoms with Crippen molar-refractivity contribution in [2.24, 2.45) is 0 Å². The van der Waals surface area contributed by atoms with Crippen molar-refractivity contribution in [2.75, 3.05) is 0 Å². The van der Waals surface area contributed by atoms with E-state index in [9.17, 15) is 14.4 Å². The Morgan fingerprint density at radius 2 is 1.12 bits per heavy atom. The number of carbonyl (C=O) groups excluding carboxylic acids is 2. The summed E-state index contributed by atoms with van der Waals surface area (Å²) in [7, 11) is 0. The Bertz CT molecular complexity index is 1530. The molecule has 1 aromatic heterocycles. The second-order valence-electron chi connectivity index (χ2n) is 7.57. The first-order chi connectivity index (χ1) is 16.1. The van der Waals surface area contributed by atoms with Gasteiger partial charge in [-0.05, 0) is 11.6 Å². The van der Waals surface area contributed by atoms with E-state index in [-0.39, 0.29) is 33.6 Å². The Labute approximate surface area is 189 Å². The largest absolute Gasteiger partial charge is 0.452 e. The lowest BCUT2D eigenvalue weighted by Crippen LogP contribution is -2.16. The van der Waals surface area contributed by atoms with Gasteiger partial charge >= 0.3 is 0 Å². The van der Waals surface area contributed by atoms with Gasteiger partial charge in [0.25, 0.3) is 0 Å². The third-order valence-corrected chi connectivity index (χ3v) is 5.50. The van der Waals surface area contributed by atoms with E-state index in [0.717, 1.165) is 0 Å². The predicted molar refractivity (Wildman–Crippen MR) is 128 cm³/mol. The molecule has 0 fully saturated rings. The van der Waals surface area contributed by atoms with E-state index in [2.05, 4.69) is 0 Å². The molecule has 0 spiro atoms. The first-order valence-corrected chi connectivity index (χ1v) is 10.5. The van der Waals surface area contributed by atoms with Crippen LogP contribution in [0.2, 0.25) is 0 Å². The maximum atomic E-state index is 13.9. The van der Waals surface area contributed by atoms with Crippen molar-refractivity contribution in [2.45, 2.75) is 0 Å². The highest BCUT2D eigenvalue weighted by Gasteiger charge is 2.25. The van der Waals surface area contributed by atoms with Crippen LogP contribution >= 0.6 is 0 Å². The molecule has 158 valence electrons. The number of hydrogen-bond donors (Lipinski definition) is 0. The molecule has 0 radical (unpaired) electrons. The van der Waals surface area contributed by atoms with Gasteiger partial charge in [0.15, 0.2) is 11.5 Å². The average Bonchev–Trinajstić information content (AvgIpc) is 2.89. The quantitative estimate of drug-likeness (QED) is 0.325. The van der Waals surface area contributed by atoms with E-state index in [0.29, 0.717) is 16.7 Å². The molecule has 0 bridgehead atoms. The van der Waals surface area contributed by atoms with Crippen molar-refractivity contribution in [3.8, 4) is 11.1 Å². The molecule has 4 nitrogen and oxygen atoms in total. The summed E-state index contributed by atoms with van der Waals surface area (Å²) in [5.74, 6) is -0.725. The molecule has 0 aliphatic heterocycles. The van der Waals surface area contributed by atoms with Crippen LogP contribution < -0.4 is 5.43 Å². The predicted octanol–water partition coefficient (Wildman–Crippen LogP) is 5.92. The highest BCUT2D eigenvalue weighted by atomic mass is 16.3. The van der Waals surface area contributed by atoms with E-state index in [1.165, 1.54) is 0 Å². The molecule has 0 saturated carbocycles. The molecule has 4 aromatic carbocycles. The van der Waals surface area contributed by atoms with E-state index in [4.69, 9.17) is 4.42 Å². The SMILES string of the molecule is O=C(c1ccccc1)c1oc2cccc(C(=O)c3ccccc3)c2c(=O)c1-c1ccccc1. The maximum Gasteiger partial charge on any atom is 0.228 e. The summed E-state index contributed by atoms with van der Waals surface area (Å²) in [5.41, 5.74) is 1.59. The van der Waals surface area contributed by atoms with Gasteiger partial charge in [-0.25, -0.2) is 0 Å². The highest BCUT2D eigenvalue weighted by molar-refractivity contribution is 6.17. The monoisotopic (exact) mass is 430 g/mol. The van der Waals surface area contributed by atoms with Crippen LogP contribution in [0.25, 0.3) is 22.1 Å². The maximum absolute atomic E-state index is 13.9. The van der Waals surface area contributed by atoms with Gasteiger partial charge in [-0.1, -0.05) is 103 Å². The number of hydrogen-bond acceptors (Lipinski definition) is 4. The van der Waals surface area contributed by atoms with Crippen molar-refractivity contribution < 1.29 is 14.0 Å². The minimum absolute atomic E-state index is 0.0470. The summed E-state index contributed by atoms with van der Waals surface area (Å²) in [6, 6.07) is 31.2. The number of rotatable bonds is 5. The summed E-state index contributed by atoms with van der Waals surface area (Å²) in [6.45, 7) is 0. The summed E-state index contributed by atoms with van der Waals surface area (Å²) in [6.07, 6.45) is 0. The number of ketones is 2. The molecular formula is C29H18O4. The molecule has 5 aromatic rings. The summed E-state index contributed by atoms with van der Waals surface area (Å²) < 4.78 is 6.07. The van der Waals surface area contributed by atoms with Crippen LogP contribution in [0.3, 0.4) is 0 Å². The van der Waals surface area contributed by atoms with Crippen LogP contribution in [0.1, 0.15) is 32.0 Å². The molecule has 1 heterocycles. The fourth-order valence-corrected chi connectivity index (χ4v) is 3.92. The number of carbonyl (C=O) groups is 2. The molecule has 0 aliphatic carbocycles. The van der Waals surface area contributed by atoms with Crippen molar-refractivity contribution in [1.82, 2.24) is 0 Å². The average molecular weight is 430 g/mol. The topological polar surface area (TPSA) is 64.3 Å². The minimum Gasteiger partial charge on any atom is -0.452 e. The molecule has 4 heteroatoms. The standard InChI is InChI=1S/C29H18O4/c30-26(20-13-6-2-7-14-20)22-17-10-18-23-25(22)28(32)24(19-11-4-1-5-12-19)29(33-23)27(31)21-15-8-3-9-16-21/h1-18H. The summed E-state index contributed by atoms with van der Waals surface area (Å²) in [5, 5.41) is 0.162. The Balaban J connectivity index is 1.82. The Morgan fingerprint density at radius 3 is 1.73 bits per heavy atom. The smallest absolute Gasteiger partial charge is 0.228 e. The number of fused-ring (bicyclic) bond motifs is 1. The molecule has 0 aliphatic rings. The van der Waals surface area contributed by atoms with Gasteiger partial charge in [-0.15, -0.1) is 0 Å². The van der Waals surface area contributed by atoms with Crippen LogP contribution in [0.15, 0.2) is 118 Å². The Morgan fingerprint density at radius 1 is 0.576 bits per heavy atom. The van der Waals surface area contributed by atoms with Gasteiger partial charge in [0.1, 0.15) is 5.58 Å². The fraction of sp³-hybridized carbons (Fsp3) is 0. The van der Waals surface area contributed by atoms with Crippen LogP contribution in [-0.2, 0) is 0 Å². The van der Waals surface area contributed by atoms with Gasteiger partial charge in [-0.3, -0.25) is 14.4 Å². The van der Waals surface area contributed by atoms with Crippen molar-refractivity contribution in [3.63, 3.8) is 0 Å². The van der Waals surface area contributed by atoms with Gasteiger partial charge in [0.2, 0.25) is 11.2 Å². The molecule has 0 N–H and O–H groups in total. The van der Waals surface area contributed by atoms with E-state index >= 15 is 0 Å². The first-order valence-electron chi connectivity index (χ1n) is 10.5. The van der Waals surface area contributed by atoms with Gasteiger partial charge in [0.05, 0.1) is 10.9 Å². The molecule has 0 unspecified atom stereocenters. The Hall–Kier alpha value is -4.57. The third kappa shape index (κ3) is 3.68.